The minimum atomic E-state index is -0.468. The monoisotopic (exact) mass is 285 g/mol. The van der Waals surface area contributed by atoms with Crippen LogP contribution in [0.2, 0.25) is 0 Å². The second-order valence-corrected chi connectivity index (χ2v) is 6.61. The highest BCUT2D eigenvalue weighted by Crippen LogP contribution is 2.40. The number of halogens is 2. The molecular weight excluding hydrogens is 264 g/mol. The van der Waals surface area contributed by atoms with Gasteiger partial charge in [-0.15, -0.1) is 0 Å². The second kappa shape index (κ2) is 6.23. The van der Waals surface area contributed by atoms with Gasteiger partial charge in [0.1, 0.15) is 11.6 Å². The van der Waals surface area contributed by atoms with Crippen molar-refractivity contribution in [3.05, 3.63) is 35.4 Å². The number of hydrogen-bond donors (Lipinski definition) is 1. The lowest BCUT2D eigenvalue weighted by Gasteiger charge is -2.29. The van der Waals surface area contributed by atoms with Gasteiger partial charge < -0.3 is 5.32 Å². The van der Waals surface area contributed by atoms with Crippen molar-refractivity contribution in [2.45, 2.75) is 43.4 Å². The molecule has 1 unspecified atom stereocenters. The molecule has 1 saturated carbocycles. The Labute approximate surface area is 118 Å². The summed E-state index contributed by atoms with van der Waals surface area (Å²) < 4.78 is 27.6. The van der Waals surface area contributed by atoms with Crippen LogP contribution in [0.4, 0.5) is 8.78 Å². The fourth-order valence-corrected chi connectivity index (χ4v) is 3.76. The van der Waals surface area contributed by atoms with Gasteiger partial charge in [0.25, 0.3) is 0 Å². The van der Waals surface area contributed by atoms with E-state index < -0.39 is 11.6 Å². The van der Waals surface area contributed by atoms with E-state index >= 15 is 0 Å². The standard InChI is InChI=1S/C15H21F2NS/c1-11(14-12(16)6-5-7-13(14)17)18-10-15(19-2)8-3-4-9-15/h5-7,11,18H,3-4,8-10H2,1-2H3. The fourth-order valence-electron chi connectivity index (χ4n) is 2.84. The van der Waals surface area contributed by atoms with Crippen LogP contribution in [0.5, 0.6) is 0 Å². The van der Waals surface area contributed by atoms with Gasteiger partial charge in [0, 0.05) is 22.9 Å². The summed E-state index contributed by atoms with van der Waals surface area (Å²) in [5, 5.41) is 3.31. The van der Waals surface area contributed by atoms with Gasteiger partial charge in [0.15, 0.2) is 0 Å². The zero-order valence-electron chi connectivity index (χ0n) is 11.5. The zero-order chi connectivity index (χ0) is 13.9. The Morgan fingerprint density at radius 1 is 1.26 bits per heavy atom. The Morgan fingerprint density at radius 3 is 2.37 bits per heavy atom. The summed E-state index contributed by atoms with van der Waals surface area (Å²) in [6, 6.07) is 3.74. The SMILES string of the molecule is CSC1(CNC(C)c2c(F)cccc2F)CCCC1. The van der Waals surface area contributed by atoms with Crippen LogP contribution in [0.3, 0.4) is 0 Å². The van der Waals surface area contributed by atoms with Crippen molar-refractivity contribution in [2.24, 2.45) is 0 Å². The first-order chi connectivity index (χ1) is 9.08. The van der Waals surface area contributed by atoms with Crippen LogP contribution in [-0.2, 0) is 0 Å². The molecule has 0 amide bonds. The van der Waals surface area contributed by atoms with E-state index in [4.69, 9.17) is 0 Å². The van der Waals surface area contributed by atoms with E-state index in [9.17, 15) is 8.78 Å². The van der Waals surface area contributed by atoms with Crippen molar-refractivity contribution < 1.29 is 8.78 Å². The van der Waals surface area contributed by atoms with Crippen molar-refractivity contribution in [3.63, 3.8) is 0 Å². The van der Waals surface area contributed by atoms with Crippen molar-refractivity contribution in [2.75, 3.05) is 12.8 Å². The molecule has 4 heteroatoms. The minimum Gasteiger partial charge on any atom is -0.309 e. The molecule has 0 aliphatic heterocycles. The zero-order valence-corrected chi connectivity index (χ0v) is 12.3. The molecule has 0 heterocycles. The molecule has 1 N–H and O–H groups in total. The average Bonchev–Trinajstić information content (AvgIpc) is 2.86. The van der Waals surface area contributed by atoms with E-state index in [1.54, 1.807) is 0 Å². The first-order valence-electron chi connectivity index (χ1n) is 6.80. The van der Waals surface area contributed by atoms with Crippen LogP contribution in [0.15, 0.2) is 18.2 Å². The molecule has 1 aliphatic carbocycles. The van der Waals surface area contributed by atoms with Gasteiger partial charge in [-0.25, -0.2) is 8.78 Å². The molecule has 1 atom stereocenters. The third-order valence-electron chi connectivity index (χ3n) is 4.11. The number of benzene rings is 1. The summed E-state index contributed by atoms with van der Waals surface area (Å²) in [7, 11) is 0. The van der Waals surface area contributed by atoms with Crippen LogP contribution in [0.1, 0.15) is 44.2 Å². The highest BCUT2D eigenvalue weighted by Gasteiger charge is 2.33. The summed E-state index contributed by atoms with van der Waals surface area (Å²) in [6.07, 6.45) is 7.01. The molecule has 0 saturated heterocycles. The average molecular weight is 285 g/mol. The van der Waals surface area contributed by atoms with Gasteiger partial charge in [-0.05, 0) is 38.2 Å². The first kappa shape index (κ1) is 14.8. The van der Waals surface area contributed by atoms with Crippen LogP contribution in [-0.4, -0.2) is 17.5 Å². The lowest BCUT2D eigenvalue weighted by Crippen LogP contribution is -2.36. The van der Waals surface area contributed by atoms with Crippen LogP contribution < -0.4 is 5.32 Å². The van der Waals surface area contributed by atoms with Gasteiger partial charge in [0.2, 0.25) is 0 Å². The molecular formula is C15H21F2NS. The Bertz CT molecular complexity index is 410. The van der Waals surface area contributed by atoms with Crippen molar-refractivity contribution in [1.29, 1.82) is 0 Å². The molecule has 106 valence electrons. The quantitative estimate of drug-likeness (QED) is 0.866. The van der Waals surface area contributed by atoms with E-state index in [2.05, 4.69) is 11.6 Å². The van der Waals surface area contributed by atoms with Gasteiger partial charge in [0.05, 0.1) is 0 Å². The molecule has 19 heavy (non-hydrogen) atoms. The molecule has 1 aromatic carbocycles. The molecule has 0 bridgehead atoms. The van der Waals surface area contributed by atoms with E-state index in [0.717, 1.165) is 6.54 Å². The third-order valence-corrected chi connectivity index (χ3v) is 5.53. The van der Waals surface area contributed by atoms with Crippen LogP contribution >= 0.6 is 11.8 Å². The van der Waals surface area contributed by atoms with E-state index in [1.165, 1.54) is 43.9 Å². The molecule has 0 spiro atoms. The van der Waals surface area contributed by atoms with Gasteiger partial charge >= 0.3 is 0 Å². The summed E-state index contributed by atoms with van der Waals surface area (Å²) in [4.78, 5) is 0. The van der Waals surface area contributed by atoms with E-state index in [0.29, 0.717) is 0 Å². The summed E-state index contributed by atoms with van der Waals surface area (Å²) >= 11 is 1.88. The van der Waals surface area contributed by atoms with E-state index in [1.807, 2.05) is 18.7 Å². The Hall–Kier alpha value is -0.610. The maximum atomic E-state index is 13.7. The molecule has 1 fully saturated rings. The number of thioether (sulfide) groups is 1. The summed E-state index contributed by atoms with van der Waals surface area (Å²) in [5.41, 5.74) is 0.150. The maximum absolute atomic E-state index is 13.7. The maximum Gasteiger partial charge on any atom is 0.130 e. The summed E-state index contributed by atoms with van der Waals surface area (Å²) in [6.45, 7) is 2.63. The smallest absolute Gasteiger partial charge is 0.130 e. The van der Waals surface area contributed by atoms with Gasteiger partial charge in [-0.1, -0.05) is 18.9 Å². The first-order valence-corrected chi connectivity index (χ1v) is 8.03. The predicted molar refractivity (Wildman–Crippen MR) is 77.5 cm³/mol. The van der Waals surface area contributed by atoms with Crippen molar-refractivity contribution in [1.82, 2.24) is 5.32 Å². The lowest BCUT2D eigenvalue weighted by molar-refractivity contribution is 0.452. The van der Waals surface area contributed by atoms with Crippen LogP contribution in [0.25, 0.3) is 0 Å². The number of nitrogens with one attached hydrogen (secondary N) is 1. The summed E-state index contributed by atoms with van der Waals surface area (Å²) in [5.74, 6) is -0.936. The molecule has 1 nitrogen and oxygen atoms in total. The van der Waals surface area contributed by atoms with E-state index in [-0.39, 0.29) is 16.4 Å². The van der Waals surface area contributed by atoms with Gasteiger partial charge in [-0.2, -0.15) is 11.8 Å². The van der Waals surface area contributed by atoms with Gasteiger partial charge in [-0.3, -0.25) is 0 Å². The molecule has 1 aliphatic rings. The number of rotatable bonds is 5. The fraction of sp³-hybridized carbons (Fsp3) is 0.600. The Balaban J connectivity index is 2.03. The van der Waals surface area contributed by atoms with Crippen molar-refractivity contribution in [3.8, 4) is 0 Å². The number of hydrogen-bond acceptors (Lipinski definition) is 2. The lowest BCUT2D eigenvalue weighted by atomic mass is 10.0. The molecule has 0 radical (unpaired) electrons. The highest BCUT2D eigenvalue weighted by molar-refractivity contribution is 8.00. The normalized spacial score (nSPS) is 19.6. The van der Waals surface area contributed by atoms with Crippen molar-refractivity contribution >= 4 is 11.8 Å². The second-order valence-electron chi connectivity index (χ2n) is 5.33. The minimum absolute atomic E-state index is 0.150. The van der Waals surface area contributed by atoms with Crippen LogP contribution in [0, 0.1) is 11.6 Å². The largest absolute Gasteiger partial charge is 0.309 e. The molecule has 0 aromatic heterocycles. The molecule has 2 rings (SSSR count). The Morgan fingerprint density at radius 2 is 1.84 bits per heavy atom. The predicted octanol–water partition coefficient (Wildman–Crippen LogP) is 4.29. The topological polar surface area (TPSA) is 12.0 Å². The molecule has 1 aromatic rings. The highest BCUT2D eigenvalue weighted by atomic mass is 32.2. The Kier molecular flexibility index (Phi) is 4.85. The third kappa shape index (κ3) is 3.29.